The highest BCUT2D eigenvalue weighted by Crippen LogP contribution is 2.17. The van der Waals surface area contributed by atoms with E-state index >= 15 is 0 Å². The van der Waals surface area contributed by atoms with Gasteiger partial charge >= 0.3 is 0 Å². The van der Waals surface area contributed by atoms with E-state index < -0.39 is 0 Å². The smallest absolute Gasteiger partial charge is 0.221 e. The van der Waals surface area contributed by atoms with Gasteiger partial charge in [0.1, 0.15) is 0 Å². The number of hydrogen-bond donors (Lipinski definition) is 2. The van der Waals surface area contributed by atoms with E-state index in [2.05, 4.69) is 24.5 Å². The second-order valence-corrected chi connectivity index (χ2v) is 4.68. The van der Waals surface area contributed by atoms with Gasteiger partial charge in [-0.2, -0.15) is 0 Å². The molecule has 0 aliphatic heterocycles. The van der Waals surface area contributed by atoms with Gasteiger partial charge in [-0.15, -0.1) is 0 Å². The molecule has 0 unspecified atom stereocenters. The molecule has 0 aromatic heterocycles. The SMILES string of the molecule is CCCC(CCC)Nc1ccc(NC(C)=O)cc1. The molecule has 3 nitrogen and oxygen atoms in total. The van der Waals surface area contributed by atoms with Crippen LogP contribution in [0.5, 0.6) is 0 Å². The van der Waals surface area contributed by atoms with E-state index in [9.17, 15) is 4.79 Å². The van der Waals surface area contributed by atoms with Gasteiger partial charge in [-0.05, 0) is 37.1 Å². The highest BCUT2D eigenvalue weighted by molar-refractivity contribution is 5.88. The number of amides is 1. The number of rotatable bonds is 7. The van der Waals surface area contributed by atoms with Gasteiger partial charge in [-0.3, -0.25) is 4.79 Å². The Balaban J connectivity index is 2.58. The molecule has 18 heavy (non-hydrogen) atoms. The molecule has 0 radical (unpaired) electrons. The highest BCUT2D eigenvalue weighted by atomic mass is 16.1. The average molecular weight is 248 g/mol. The van der Waals surface area contributed by atoms with Crippen LogP contribution in [0.3, 0.4) is 0 Å². The van der Waals surface area contributed by atoms with E-state index in [1.54, 1.807) is 0 Å². The van der Waals surface area contributed by atoms with Crippen molar-refractivity contribution in [3.05, 3.63) is 24.3 Å². The van der Waals surface area contributed by atoms with Crippen LogP contribution in [-0.2, 0) is 4.79 Å². The van der Waals surface area contributed by atoms with Crippen LogP contribution in [0.1, 0.15) is 46.5 Å². The van der Waals surface area contributed by atoms with Crippen LogP contribution in [0.25, 0.3) is 0 Å². The Morgan fingerprint density at radius 3 is 2.00 bits per heavy atom. The Labute approximate surface area is 110 Å². The van der Waals surface area contributed by atoms with Crippen LogP contribution in [-0.4, -0.2) is 11.9 Å². The summed E-state index contributed by atoms with van der Waals surface area (Å²) in [5.74, 6) is -0.0365. The second-order valence-electron chi connectivity index (χ2n) is 4.68. The van der Waals surface area contributed by atoms with E-state index in [0.29, 0.717) is 6.04 Å². The molecular weight excluding hydrogens is 224 g/mol. The lowest BCUT2D eigenvalue weighted by atomic mass is 10.1. The fourth-order valence-corrected chi connectivity index (χ4v) is 2.07. The third-order valence-electron chi connectivity index (χ3n) is 2.85. The highest BCUT2D eigenvalue weighted by Gasteiger charge is 2.06. The summed E-state index contributed by atoms with van der Waals surface area (Å²) in [6.07, 6.45) is 4.78. The van der Waals surface area contributed by atoms with Crippen LogP contribution < -0.4 is 10.6 Å². The standard InChI is InChI=1S/C15H24N2O/c1-4-6-13(7-5-2)17-15-10-8-14(9-11-15)16-12(3)18/h8-11,13,17H,4-7H2,1-3H3,(H,16,18). The molecule has 1 rings (SSSR count). The predicted octanol–water partition coefficient (Wildman–Crippen LogP) is 4.03. The summed E-state index contributed by atoms with van der Waals surface area (Å²) in [5, 5.41) is 6.32. The topological polar surface area (TPSA) is 41.1 Å². The van der Waals surface area contributed by atoms with Gasteiger partial charge in [0.15, 0.2) is 0 Å². The van der Waals surface area contributed by atoms with Gasteiger partial charge in [0.05, 0.1) is 0 Å². The van der Waals surface area contributed by atoms with Gasteiger partial charge < -0.3 is 10.6 Å². The third-order valence-corrected chi connectivity index (χ3v) is 2.85. The zero-order chi connectivity index (χ0) is 13.4. The summed E-state index contributed by atoms with van der Waals surface area (Å²) >= 11 is 0. The van der Waals surface area contributed by atoms with Gasteiger partial charge in [-0.1, -0.05) is 26.7 Å². The largest absolute Gasteiger partial charge is 0.382 e. The minimum absolute atomic E-state index is 0.0365. The fourth-order valence-electron chi connectivity index (χ4n) is 2.07. The first kappa shape index (κ1) is 14.6. The number of nitrogens with one attached hydrogen (secondary N) is 2. The normalized spacial score (nSPS) is 10.4. The molecule has 0 fully saturated rings. The molecule has 0 saturated carbocycles. The maximum absolute atomic E-state index is 10.9. The molecule has 0 aliphatic rings. The number of carbonyl (C=O) groups is 1. The first-order chi connectivity index (χ1) is 8.65. The molecule has 2 N–H and O–H groups in total. The van der Waals surface area contributed by atoms with Crippen molar-refractivity contribution in [2.45, 2.75) is 52.5 Å². The Bertz CT molecular complexity index is 353. The third kappa shape index (κ3) is 5.21. The van der Waals surface area contributed by atoms with Gasteiger partial charge in [0.25, 0.3) is 0 Å². The number of hydrogen-bond acceptors (Lipinski definition) is 2. The van der Waals surface area contributed by atoms with Gasteiger partial charge in [0, 0.05) is 24.3 Å². The second kappa shape index (κ2) is 7.75. The first-order valence-corrected chi connectivity index (χ1v) is 6.79. The monoisotopic (exact) mass is 248 g/mol. The summed E-state index contributed by atoms with van der Waals surface area (Å²) in [7, 11) is 0. The average Bonchev–Trinajstić information content (AvgIpc) is 2.31. The molecule has 0 heterocycles. The Kier molecular flexibility index (Phi) is 6.26. The van der Waals surface area contributed by atoms with E-state index in [0.717, 1.165) is 11.4 Å². The van der Waals surface area contributed by atoms with Gasteiger partial charge in [0.2, 0.25) is 5.91 Å². The summed E-state index contributed by atoms with van der Waals surface area (Å²) in [5.41, 5.74) is 1.96. The summed E-state index contributed by atoms with van der Waals surface area (Å²) in [6.45, 7) is 5.94. The summed E-state index contributed by atoms with van der Waals surface area (Å²) < 4.78 is 0. The van der Waals surface area contributed by atoms with Crippen molar-refractivity contribution in [3.8, 4) is 0 Å². The van der Waals surface area contributed by atoms with Gasteiger partial charge in [-0.25, -0.2) is 0 Å². The van der Waals surface area contributed by atoms with Crippen molar-refractivity contribution in [3.63, 3.8) is 0 Å². The van der Waals surface area contributed by atoms with Crippen molar-refractivity contribution in [2.75, 3.05) is 10.6 Å². The van der Waals surface area contributed by atoms with E-state index in [1.807, 2.05) is 24.3 Å². The lowest BCUT2D eigenvalue weighted by Crippen LogP contribution is -2.18. The Morgan fingerprint density at radius 2 is 1.56 bits per heavy atom. The molecule has 0 aliphatic carbocycles. The molecule has 0 spiro atoms. The molecule has 0 atom stereocenters. The van der Waals surface area contributed by atoms with E-state index in [1.165, 1.54) is 32.6 Å². The van der Waals surface area contributed by atoms with Crippen LogP contribution in [0.15, 0.2) is 24.3 Å². The number of anilines is 2. The lowest BCUT2D eigenvalue weighted by Gasteiger charge is -2.18. The molecule has 1 aromatic carbocycles. The van der Waals surface area contributed by atoms with E-state index in [4.69, 9.17) is 0 Å². The van der Waals surface area contributed by atoms with Crippen LogP contribution in [0, 0.1) is 0 Å². The molecule has 1 aromatic rings. The zero-order valence-electron chi connectivity index (χ0n) is 11.6. The minimum Gasteiger partial charge on any atom is -0.382 e. The first-order valence-electron chi connectivity index (χ1n) is 6.79. The van der Waals surface area contributed by atoms with Crippen molar-refractivity contribution >= 4 is 17.3 Å². The quantitative estimate of drug-likeness (QED) is 0.765. The van der Waals surface area contributed by atoms with Crippen molar-refractivity contribution in [1.82, 2.24) is 0 Å². The predicted molar refractivity (Wildman–Crippen MR) is 78.0 cm³/mol. The summed E-state index contributed by atoms with van der Waals surface area (Å²) in [4.78, 5) is 10.9. The molecule has 0 bridgehead atoms. The van der Waals surface area contributed by atoms with Crippen molar-refractivity contribution in [1.29, 1.82) is 0 Å². The molecule has 1 amide bonds. The van der Waals surface area contributed by atoms with E-state index in [-0.39, 0.29) is 5.91 Å². The zero-order valence-corrected chi connectivity index (χ0v) is 11.6. The number of carbonyl (C=O) groups excluding carboxylic acids is 1. The fraction of sp³-hybridized carbons (Fsp3) is 0.533. The minimum atomic E-state index is -0.0365. The molecule has 0 saturated heterocycles. The van der Waals surface area contributed by atoms with Crippen molar-refractivity contribution in [2.24, 2.45) is 0 Å². The maximum atomic E-state index is 10.9. The Morgan fingerprint density at radius 1 is 1.06 bits per heavy atom. The van der Waals surface area contributed by atoms with Crippen molar-refractivity contribution < 1.29 is 4.79 Å². The Hall–Kier alpha value is -1.51. The summed E-state index contributed by atoms with van der Waals surface area (Å²) in [6, 6.07) is 8.44. The molecule has 3 heteroatoms. The van der Waals surface area contributed by atoms with Crippen LogP contribution in [0.4, 0.5) is 11.4 Å². The number of benzene rings is 1. The molecule has 100 valence electrons. The lowest BCUT2D eigenvalue weighted by molar-refractivity contribution is -0.114. The maximum Gasteiger partial charge on any atom is 0.221 e. The molecular formula is C15H24N2O. The van der Waals surface area contributed by atoms with Crippen LogP contribution in [0.2, 0.25) is 0 Å². The van der Waals surface area contributed by atoms with Crippen LogP contribution >= 0.6 is 0 Å².